The van der Waals surface area contributed by atoms with Crippen molar-refractivity contribution in [2.24, 2.45) is 18.7 Å². The Balaban J connectivity index is 2.36. The highest BCUT2D eigenvalue weighted by Gasteiger charge is 2.18. The Morgan fingerprint density at radius 2 is 2.19 bits per heavy atom. The molecule has 0 saturated heterocycles. The van der Waals surface area contributed by atoms with Crippen LogP contribution < -0.4 is 5.73 Å². The van der Waals surface area contributed by atoms with Gasteiger partial charge in [0, 0.05) is 7.05 Å². The maximum Gasteiger partial charge on any atom is 0.191 e. The predicted octanol–water partition coefficient (Wildman–Crippen LogP) is 2.20. The lowest BCUT2D eigenvalue weighted by molar-refractivity contribution is 0.469. The van der Waals surface area contributed by atoms with Crippen molar-refractivity contribution in [1.82, 2.24) is 14.8 Å². The molecule has 5 heteroatoms. The van der Waals surface area contributed by atoms with E-state index in [4.69, 9.17) is 5.73 Å². The molecule has 16 heavy (non-hydrogen) atoms. The molecule has 1 atom stereocenters. The van der Waals surface area contributed by atoms with E-state index in [1.54, 1.807) is 16.0 Å². The second kappa shape index (κ2) is 4.35. The summed E-state index contributed by atoms with van der Waals surface area (Å²) in [6.45, 7) is 4.17. The molecule has 0 aliphatic carbocycles. The van der Waals surface area contributed by atoms with Gasteiger partial charge in [0.25, 0.3) is 0 Å². The van der Waals surface area contributed by atoms with E-state index in [1.807, 2.05) is 24.6 Å². The molecule has 2 rings (SSSR count). The highest BCUT2D eigenvalue weighted by Crippen LogP contribution is 2.24. The molecule has 2 aromatic heterocycles. The zero-order valence-electron chi connectivity index (χ0n) is 9.71. The minimum atomic E-state index is -0.0637. The van der Waals surface area contributed by atoms with Gasteiger partial charge in [-0.15, -0.1) is 11.3 Å². The van der Waals surface area contributed by atoms with Gasteiger partial charge < -0.3 is 5.73 Å². The van der Waals surface area contributed by atoms with Gasteiger partial charge in [-0.3, -0.25) is 4.68 Å². The predicted molar refractivity (Wildman–Crippen MR) is 66.1 cm³/mol. The number of nitrogens with zero attached hydrogens (tertiary/aromatic N) is 3. The smallest absolute Gasteiger partial charge is 0.191 e. The van der Waals surface area contributed by atoms with Crippen molar-refractivity contribution in [1.29, 1.82) is 0 Å². The first-order valence-electron chi connectivity index (χ1n) is 5.30. The third kappa shape index (κ3) is 2.01. The van der Waals surface area contributed by atoms with E-state index < -0.39 is 0 Å². The fourth-order valence-electron chi connectivity index (χ4n) is 1.50. The first-order chi connectivity index (χ1) is 7.59. The molecule has 0 bridgehead atoms. The monoisotopic (exact) mass is 236 g/mol. The van der Waals surface area contributed by atoms with Crippen LogP contribution in [0.5, 0.6) is 0 Å². The summed E-state index contributed by atoms with van der Waals surface area (Å²) in [6, 6.07) is 3.95. The van der Waals surface area contributed by atoms with Crippen molar-refractivity contribution in [2.75, 3.05) is 0 Å². The lowest BCUT2D eigenvalue weighted by atomic mass is 10.1. The summed E-state index contributed by atoms with van der Waals surface area (Å²) < 4.78 is 1.78. The Labute approximate surface area is 99.1 Å². The summed E-state index contributed by atoms with van der Waals surface area (Å²) in [5, 5.41) is 6.41. The van der Waals surface area contributed by atoms with Crippen LogP contribution in [-0.2, 0) is 7.05 Å². The van der Waals surface area contributed by atoms with Crippen molar-refractivity contribution in [3.8, 4) is 10.7 Å². The average molecular weight is 236 g/mol. The lowest BCUT2D eigenvalue weighted by Crippen LogP contribution is -2.20. The molecule has 0 radical (unpaired) electrons. The molecule has 0 aliphatic rings. The summed E-state index contributed by atoms with van der Waals surface area (Å²) in [5.41, 5.74) is 6.09. The minimum Gasteiger partial charge on any atom is -0.321 e. The van der Waals surface area contributed by atoms with Crippen LogP contribution in [0.4, 0.5) is 0 Å². The SMILES string of the molecule is CC(C)C(N)c1nc(-c2cccs2)nn1C. The van der Waals surface area contributed by atoms with Gasteiger partial charge >= 0.3 is 0 Å². The maximum absolute atomic E-state index is 6.09. The van der Waals surface area contributed by atoms with Gasteiger partial charge in [0.2, 0.25) is 0 Å². The number of hydrogen-bond donors (Lipinski definition) is 1. The molecule has 0 fully saturated rings. The van der Waals surface area contributed by atoms with Gasteiger partial charge in [0.05, 0.1) is 10.9 Å². The highest BCUT2D eigenvalue weighted by atomic mass is 32.1. The van der Waals surface area contributed by atoms with Crippen molar-refractivity contribution < 1.29 is 0 Å². The third-order valence-electron chi connectivity index (χ3n) is 2.55. The summed E-state index contributed by atoms with van der Waals surface area (Å²) >= 11 is 1.64. The second-order valence-corrected chi connectivity index (χ2v) is 5.11. The van der Waals surface area contributed by atoms with Crippen molar-refractivity contribution in [2.45, 2.75) is 19.9 Å². The Morgan fingerprint density at radius 1 is 1.44 bits per heavy atom. The van der Waals surface area contributed by atoms with E-state index in [9.17, 15) is 0 Å². The molecule has 1 unspecified atom stereocenters. The van der Waals surface area contributed by atoms with Gasteiger partial charge in [-0.25, -0.2) is 4.98 Å². The molecule has 2 N–H and O–H groups in total. The number of rotatable bonds is 3. The van der Waals surface area contributed by atoms with E-state index in [-0.39, 0.29) is 6.04 Å². The molecule has 2 heterocycles. The molecule has 86 valence electrons. The van der Waals surface area contributed by atoms with Gasteiger partial charge in [-0.05, 0) is 17.4 Å². The molecular formula is C11H16N4S. The maximum atomic E-state index is 6.09. The summed E-state index contributed by atoms with van der Waals surface area (Å²) in [6.07, 6.45) is 0. The number of aromatic nitrogens is 3. The number of aryl methyl sites for hydroxylation is 1. The number of hydrogen-bond acceptors (Lipinski definition) is 4. The normalized spacial score (nSPS) is 13.3. The highest BCUT2D eigenvalue weighted by molar-refractivity contribution is 7.13. The van der Waals surface area contributed by atoms with Crippen LogP contribution in [-0.4, -0.2) is 14.8 Å². The van der Waals surface area contributed by atoms with Crippen LogP contribution in [0.15, 0.2) is 17.5 Å². The molecule has 4 nitrogen and oxygen atoms in total. The molecule has 0 spiro atoms. The number of nitrogens with two attached hydrogens (primary N) is 1. The zero-order valence-corrected chi connectivity index (χ0v) is 10.5. The van der Waals surface area contributed by atoms with Crippen LogP contribution in [0.1, 0.15) is 25.7 Å². The molecule has 0 saturated carbocycles. The molecule has 0 aromatic carbocycles. The van der Waals surface area contributed by atoms with Gasteiger partial charge in [0.15, 0.2) is 5.82 Å². The first kappa shape index (κ1) is 11.3. The summed E-state index contributed by atoms with van der Waals surface area (Å²) in [7, 11) is 1.89. The second-order valence-electron chi connectivity index (χ2n) is 4.16. The van der Waals surface area contributed by atoms with Crippen LogP contribution in [0.25, 0.3) is 10.7 Å². The van der Waals surface area contributed by atoms with Gasteiger partial charge in [0.1, 0.15) is 5.82 Å². The van der Waals surface area contributed by atoms with Gasteiger partial charge in [-0.2, -0.15) is 5.10 Å². The van der Waals surface area contributed by atoms with E-state index >= 15 is 0 Å². The minimum absolute atomic E-state index is 0.0637. The van der Waals surface area contributed by atoms with Crippen LogP contribution in [0, 0.1) is 5.92 Å². The standard InChI is InChI=1S/C11H16N4S/c1-7(2)9(12)11-13-10(14-15(11)3)8-5-4-6-16-8/h4-7,9H,12H2,1-3H3. The lowest BCUT2D eigenvalue weighted by Gasteiger charge is -2.13. The molecular weight excluding hydrogens is 220 g/mol. The molecule has 0 amide bonds. The fraction of sp³-hybridized carbons (Fsp3) is 0.455. The quantitative estimate of drug-likeness (QED) is 0.888. The van der Waals surface area contributed by atoms with Crippen LogP contribution in [0.2, 0.25) is 0 Å². The van der Waals surface area contributed by atoms with Crippen LogP contribution >= 0.6 is 11.3 Å². The van der Waals surface area contributed by atoms with Crippen molar-refractivity contribution in [3.05, 3.63) is 23.3 Å². The zero-order chi connectivity index (χ0) is 11.7. The van der Waals surface area contributed by atoms with Crippen molar-refractivity contribution in [3.63, 3.8) is 0 Å². The van der Waals surface area contributed by atoms with E-state index in [0.717, 1.165) is 16.5 Å². The topological polar surface area (TPSA) is 56.7 Å². The largest absolute Gasteiger partial charge is 0.321 e. The third-order valence-corrected chi connectivity index (χ3v) is 3.42. The molecule has 2 aromatic rings. The summed E-state index contributed by atoms with van der Waals surface area (Å²) in [4.78, 5) is 5.59. The Kier molecular flexibility index (Phi) is 3.07. The Hall–Kier alpha value is -1.20. The van der Waals surface area contributed by atoms with E-state index in [0.29, 0.717) is 5.92 Å². The Bertz CT molecular complexity index is 458. The Morgan fingerprint density at radius 3 is 2.75 bits per heavy atom. The average Bonchev–Trinajstić information content (AvgIpc) is 2.84. The van der Waals surface area contributed by atoms with E-state index in [1.165, 1.54) is 0 Å². The fourth-order valence-corrected chi connectivity index (χ4v) is 2.15. The molecule has 0 aliphatic heterocycles. The first-order valence-corrected chi connectivity index (χ1v) is 6.18. The summed E-state index contributed by atoms with van der Waals surface area (Å²) in [5.74, 6) is 1.97. The van der Waals surface area contributed by atoms with Crippen molar-refractivity contribution >= 4 is 11.3 Å². The van der Waals surface area contributed by atoms with Gasteiger partial charge in [-0.1, -0.05) is 19.9 Å². The van der Waals surface area contributed by atoms with Crippen LogP contribution in [0.3, 0.4) is 0 Å². The number of thiophene rings is 1. The van der Waals surface area contributed by atoms with E-state index in [2.05, 4.69) is 23.9 Å².